The van der Waals surface area contributed by atoms with E-state index in [1.807, 2.05) is 36.4 Å². The summed E-state index contributed by atoms with van der Waals surface area (Å²) in [6, 6.07) is 15.0. The first-order valence-electron chi connectivity index (χ1n) is 8.35. The zero-order valence-electron chi connectivity index (χ0n) is 14.5. The van der Waals surface area contributed by atoms with Crippen molar-refractivity contribution in [3.05, 3.63) is 59.7 Å². The van der Waals surface area contributed by atoms with E-state index in [1.165, 1.54) is 0 Å². The fraction of sp³-hybridized carbons (Fsp3) is 0.350. The van der Waals surface area contributed by atoms with Crippen molar-refractivity contribution in [1.82, 2.24) is 5.32 Å². The van der Waals surface area contributed by atoms with Crippen molar-refractivity contribution in [2.45, 2.75) is 32.7 Å². The second kappa shape index (κ2) is 8.96. The first kappa shape index (κ1) is 17.9. The number of carbonyl (C=O) groups is 1. The number of rotatable bonds is 8. The Morgan fingerprint density at radius 3 is 2.17 bits per heavy atom. The zero-order chi connectivity index (χ0) is 17.4. The second-order valence-corrected chi connectivity index (χ2v) is 5.58. The van der Waals surface area contributed by atoms with E-state index in [9.17, 15) is 4.79 Å². The summed E-state index contributed by atoms with van der Waals surface area (Å²) in [6.07, 6.45) is 1.78. The number of nitrogens with one attached hydrogen (secondary N) is 1. The molecule has 0 aromatic heterocycles. The standard InChI is InChI=1S/C20H25NO3/c1-4-14-24-18-12-8-16(9-13-18)20(22)21-19(5-2)15-6-10-17(23-3)11-7-15/h6-13,19H,4-5,14H2,1-3H3,(H,21,22). The molecule has 128 valence electrons. The number of carbonyl (C=O) groups excluding carboxylic acids is 1. The molecule has 0 aliphatic carbocycles. The number of hydrogen-bond acceptors (Lipinski definition) is 3. The molecule has 1 unspecified atom stereocenters. The van der Waals surface area contributed by atoms with Crippen LogP contribution in [-0.2, 0) is 0 Å². The summed E-state index contributed by atoms with van der Waals surface area (Å²) in [4.78, 5) is 12.5. The highest BCUT2D eigenvalue weighted by Crippen LogP contribution is 2.21. The lowest BCUT2D eigenvalue weighted by atomic mass is 10.0. The topological polar surface area (TPSA) is 47.6 Å². The van der Waals surface area contributed by atoms with Gasteiger partial charge in [-0.1, -0.05) is 26.0 Å². The number of methoxy groups -OCH3 is 1. The highest BCUT2D eigenvalue weighted by atomic mass is 16.5. The predicted octanol–water partition coefficient (Wildman–Crippen LogP) is 4.37. The normalized spacial score (nSPS) is 11.6. The molecule has 2 rings (SSSR count). The van der Waals surface area contributed by atoms with Crippen LogP contribution >= 0.6 is 0 Å². The largest absolute Gasteiger partial charge is 0.497 e. The van der Waals surface area contributed by atoms with Gasteiger partial charge in [-0.25, -0.2) is 0 Å². The molecule has 0 spiro atoms. The van der Waals surface area contributed by atoms with Crippen molar-refractivity contribution in [3.63, 3.8) is 0 Å². The van der Waals surface area contributed by atoms with E-state index in [0.29, 0.717) is 12.2 Å². The van der Waals surface area contributed by atoms with Gasteiger partial charge in [0.2, 0.25) is 0 Å². The van der Waals surface area contributed by atoms with Gasteiger partial charge < -0.3 is 14.8 Å². The van der Waals surface area contributed by atoms with Crippen molar-refractivity contribution < 1.29 is 14.3 Å². The predicted molar refractivity (Wildman–Crippen MR) is 95.7 cm³/mol. The summed E-state index contributed by atoms with van der Waals surface area (Å²) in [6.45, 7) is 4.80. The molecule has 1 N–H and O–H groups in total. The van der Waals surface area contributed by atoms with Gasteiger partial charge in [-0.3, -0.25) is 4.79 Å². The van der Waals surface area contributed by atoms with Crippen molar-refractivity contribution in [2.24, 2.45) is 0 Å². The zero-order valence-corrected chi connectivity index (χ0v) is 14.5. The van der Waals surface area contributed by atoms with Crippen LogP contribution in [0.3, 0.4) is 0 Å². The summed E-state index contributed by atoms with van der Waals surface area (Å²) in [5.41, 5.74) is 1.69. The van der Waals surface area contributed by atoms with Crippen molar-refractivity contribution in [3.8, 4) is 11.5 Å². The van der Waals surface area contributed by atoms with Crippen LogP contribution in [0.2, 0.25) is 0 Å². The van der Waals surface area contributed by atoms with E-state index in [0.717, 1.165) is 29.9 Å². The Morgan fingerprint density at radius 1 is 1.00 bits per heavy atom. The molecular formula is C20H25NO3. The van der Waals surface area contributed by atoms with E-state index in [2.05, 4.69) is 19.2 Å². The van der Waals surface area contributed by atoms with Gasteiger partial charge in [0.15, 0.2) is 0 Å². The maximum absolute atomic E-state index is 12.5. The van der Waals surface area contributed by atoms with Crippen LogP contribution in [0.25, 0.3) is 0 Å². The monoisotopic (exact) mass is 327 g/mol. The molecule has 1 amide bonds. The molecular weight excluding hydrogens is 302 g/mol. The van der Waals surface area contributed by atoms with Gasteiger partial charge in [-0.15, -0.1) is 0 Å². The van der Waals surface area contributed by atoms with Crippen LogP contribution < -0.4 is 14.8 Å². The molecule has 0 radical (unpaired) electrons. The van der Waals surface area contributed by atoms with Gasteiger partial charge in [0.05, 0.1) is 19.8 Å². The molecule has 0 saturated heterocycles. The number of benzene rings is 2. The minimum atomic E-state index is -0.0836. The van der Waals surface area contributed by atoms with E-state index < -0.39 is 0 Å². The minimum absolute atomic E-state index is 0.0283. The quantitative estimate of drug-likeness (QED) is 0.783. The summed E-state index contributed by atoms with van der Waals surface area (Å²) in [5, 5.41) is 3.08. The summed E-state index contributed by atoms with van der Waals surface area (Å²) < 4.78 is 10.7. The highest BCUT2D eigenvalue weighted by molar-refractivity contribution is 5.94. The number of amides is 1. The van der Waals surface area contributed by atoms with Gasteiger partial charge in [0.1, 0.15) is 11.5 Å². The van der Waals surface area contributed by atoms with E-state index in [1.54, 1.807) is 19.2 Å². The van der Waals surface area contributed by atoms with Crippen molar-refractivity contribution in [1.29, 1.82) is 0 Å². The molecule has 0 aliphatic rings. The first-order valence-corrected chi connectivity index (χ1v) is 8.35. The summed E-state index contributed by atoms with van der Waals surface area (Å²) >= 11 is 0. The van der Waals surface area contributed by atoms with E-state index in [4.69, 9.17) is 9.47 Å². The highest BCUT2D eigenvalue weighted by Gasteiger charge is 2.14. The molecule has 2 aromatic rings. The van der Waals surface area contributed by atoms with Gasteiger partial charge in [-0.05, 0) is 54.8 Å². The lowest BCUT2D eigenvalue weighted by molar-refractivity contribution is 0.0935. The van der Waals surface area contributed by atoms with Gasteiger partial charge in [0, 0.05) is 5.56 Å². The first-order chi connectivity index (χ1) is 11.7. The third-order valence-corrected chi connectivity index (χ3v) is 3.82. The summed E-state index contributed by atoms with van der Waals surface area (Å²) in [7, 11) is 1.64. The summed E-state index contributed by atoms with van der Waals surface area (Å²) in [5.74, 6) is 1.51. The average Bonchev–Trinajstić information content (AvgIpc) is 2.64. The van der Waals surface area contributed by atoms with E-state index in [-0.39, 0.29) is 11.9 Å². The van der Waals surface area contributed by atoms with Crippen LogP contribution in [-0.4, -0.2) is 19.6 Å². The fourth-order valence-corrected chi connectivity index (χ4v) is 2.42. The molecule has 4 heteroatoms. The minimum Gasteiger partial charge on any atom is -0.497 e. The van der Waals surface area contributed by atoms with Crippen LogP contribution in [0.5, 0.6) is 11.5 Å². The van der Waals surface area contributed by atoms with Crippen LogP contribution in [0.1, 0.15) is 48.7 Å². The Hall–Kier alpha value is -2.49. The third-order valence-electron chi connectivity index (χ3n) is 3.82. The Kier molecular flexibility index (Phi) is 6.67. The smallest absolute Gasteiger partial charge is 0.251 e. The number of hydrogen-bond donors (Lipinski definition) is 1. The molecule has 0 bridgehead atoms. The average molecular weight is 327 g/mol. The Labute approximate surface area is 143 Å². The number of ether oxygens (including phenoxy) is 2. The molecule has 0 fully saturated rings. The molecule has 0 saturated carbocycles. The maximum atomic E-state index is 12.5. The van der Waals surface area contributed by atoms with Crippen molar-refractivity contribution >= 4 is 5.91 Å². The second-order valence-electron chi connectivity index (χ2n) is 5.58. The molecule has 24 heavy (non-hydrogen) atoms. The Balaban J connectivity index is 2.02. The Morgan fingerprint density at radius 2 is 1.62 bits per heavy atom. The maximum Gasteiger partial charge on any atom is 0.251 e. The lowest BCUT2D eigenvalue weighted by Gasteiger charge is -2.18. The van der Waals surface area contributed by atoms with Gasteiger partial charge in [0.25, 0.3) is 5.91 Å². The molecule has 0 heterocycles. The lowest BCUT2D eigenvalue weighted by Crippen LogP contribution is -2.28. The van der Waals surface area contributed by atoms with Crippen LogP contribution in [0, 0.1) is 0 Å². The molecule has 2 aromatic carbocycles. The molecule has 0 aliphatic heterocycles. The van der Waals surface area contributed by atoms with Crippen molar-refractivity contribution in [2.75, 3.05) is 13.7 Å². The van der Waals surface area contributed by atoms with Gasteiger partial charge in [-0.2, -0.15) is 0 Å². The Bertz CT molecular complexity index is 635. The van der Waals surface area contributed by atoms with Crippen LogP contribution in [0.4, 0.5) is 0 Å². The SMILES string of the molecule is CCCOc1ccc(C(=O)NC(CC)c2ccc(OC)cc2)cc1. The fourth-order valence-electron chi connectivity index (χ4n) is 2.42. The third kappa shape index (κ3) is 4.75. The van der Waals surface area contributed by atoms with Gasteiger partial charge >= 0.3 is 0 Å². The molecule has 4 nitrogen and oxygen atoms in total. The molecule has 1 atom stereocenters. The van der Waals surface area contributed by atoms with Crippen LogP contribution in [0.15, 0.2) is 48.5 Å². The van der Waals surface area contributed by atoms with E-state index >= 15 is 0 Å².